The van der Waals surface area contributed by atoms with E-state index in [9.17, 15) is 0 Å². The molecule has 3 nitrogen and oxygen atoms in total. The smallest absolute Gasteiger partial charge is 0.156 e. The predicted octanol–water partition coefficient (Wildman–Crippen LogP) is 1.69. The predicted molar refractivity (Wildman–Crippen MR) is 42.7 cm³/mol. The molecule has 0 aromatic carbocycles. The zero-order valence-electron chi connectivity index (χ0n) is 5.95. The molecule has 0 saturated carbocycles. The molecule has 0 radical (unpaired) electrons. The SMILES string of the molecule is Cc1nc2cnccn2c1Cl. The Morgan fingerprint density at radius 3 is 3.09 bits per heavy atom. The van der Waals surface area contributed by atoms with Crippen LogP contribution in [0.3, 0.4) is 0 Å². The highest BCUT2D eigenvalue weighted by Crippen LogP contribution is 2.15. The molecule has 0 amide bonds. The van der Waals surface area contributed by atoms with Gasteiger partial charge in [0.05, 0.1) is 11.9 Å². The van der Waals surface area contributed by atoms with Gasteiger partial charge in [-0.2, -0.15) is 0 Å². The summed E-state index contributed by atoms with van der Waals surface area (Å²) in [6.07, 6.45) is 5.15. The van der Waals surface area contributed by atoms with Gasteiger partial charge in [-0.25, -0.2) is 4.98 Å². The van der Waals surface area contributed by atoms with E-state index < -0.39 is 0 Å². The maximum Gasteiger partial charge on any atom is 0.156 e. The minimum absolute atomic E-state index is 0.655. The number of aromatic nitrogens is 3. The lowest BCUT2D eigenvalue weighted by atomic mass is 10.6. The second-order valence-corrected chi connectivity index (χ2v) is 2.65. The minimum Gasteiger partial charge on any atom is -0.287 e. The van der Waals surface area contributed by atoms with Crippen molar-refractivity contribution in [3.8, 4) is 0 Å². The summed E-state index contributed by atoms with van der Waals surface area (Å²) in [6.45, 7) is 1.87. The first-order chi connectivity index (χ1) is 5.29. The Labute approximate surface area is 68.7 Å². The largest absolute Gasteiger partial charge is 0.287 e. The van der Waals surface area contributed by atoms with Crippen molar-refractivity contribution >= 4 is 17.2 Å². The molecule has 0 saturated heterocycles. The third-order valence-electron chi connectivity index (χ3n) is 1.53. The average Bonchev–Trinajstić information content (AvgIpc) is 2.30. The van der Waals surface area contributed by atoms with E-state index in [1.165, 1.54) is 0 Å². The van der Waals surface area contributed by atoms with Gasteiger partial charge in [0.1, 0.15) is 5.15 Å². The molecule has 0 bridgehead atoms. The second-order valence-electron chi connectivity index (χ2n) is 2.29. The monoisotopic (exact) mass is 167 g/mol. The number of fused-ring (bicyclic) bond motifs is 1. The summed E-state index contributed by atoms with van der Waals surface area (Å²) in [5.74, 6) is 0. The van der Waals surface area contributed by atoms with Gasteiger partial charge in [0.25, 0.3) is 0 Å². The standard InChI is InChI=1S/C7H6ClN3/c1-5-7(8)11-3-2-9-4-6(11)10-5/h2-4H,1H3. The topological polar surface area (TPSA) is 30.2 Å². The molecule has 0 aliphatic carbocycles. The summed E-state index contributed by atoms with van der Waals surface area (Å²) >= 11 is 5.91. The lowest BCUT2D eigenvalue weighted by Crippen LogP contribution is -1.83. The van der Waals surface area contributed by atoms with Crippen molar-refractivity contribution in [1.29, 1.82) is 0 Å². The molecule has 56 valence electrons. The van der Waals surface area contributed by atoms with Crippen LogP contribution >= 0.6 is 11.6 Å². The van der Waals surface area contributed by atoms with Crippen molar-refractivity contribution in [3.05, 3.63) is 29.4 Å². The van der Waals surface area contributed by atoms with Crippen LogP contribution in [-0.2, 0) is 0 Å². The van der Waals surface area contributed by atoms with E-state index >= 15 is 0 Å². The molecule has 0 aliphatic heterocycles. The van der Waals surface area contributed by atoms with E-state index in [1.54, 1.807) is 23.0 Å². The first kappa shape index (κ1) is 6.61. The zero-order valence-corrected chi connectivity index (χ0v) is 6.71. The van der Waals surface area contributed by atoms with Crippen LogP contribution in [0.4, 0.5) is 0 Å². The van der Waals surface area contributed by atoms with Crippen LogP contribution in [0.5, 0.6) is 0 Å². The van der Waals surface area contributed by atoms with Gasteiger partial charge in [-0.3, -0.25) is 9.38 Å². The second kappa shape index (κ2) is 2.20. The molecule has 4 heteroatoms. The van der Waals surface area contributed by atoms with Gasteiger partial charge in [0.15, 0.2) is 5.65 Å². The van der Waals surface area contributed by atoms with Gasteiger partial charge in [-0.05, 0) is 6.92 Å². The van der Waals surface area contributed by atoms with Crippen LogP contribution in [0.2, 0.25) is 5.15 Å². The zero-order chi connectivity index (χ0) is 7.84. The van der Waals surface area contributed by atoms with Crippen molar-refractivity contribution in [2.45, 2.75) is 6.92 Å². The van der Waals surface area contributed by atoms with Crippen molar-refractivity contribution in [1.82, 2.24) is 14.4 Å². The van der Waals surface area contributed by atoms with Crippen molar-refractivity contribution in [3.63, 3.8) is 0 Å². The Hall–Kier alpha value is -1.09. The number of aryl methyl sites for hydroxylation is 1. The number of imidazole rings is 1. The van der Waals surface area contributed by atoms with Crippen molar-refractivity contribution in [2.24, 2.45) is 0 Å². The van der Waals surface area contributed by atoms with Gasteiger partial charge in [-0.15, -0.1) is 0 Å². The summed E-state index contributed by atoms with van der Waals surface area (Å²) in [5, 5.41) is 0.655. The summed E-state index contributed by atoms with van der Waals surface area (Å²) in [7, 11) is 0. The van der Waals surface area contributed by atoms with Crippen molar-refractivity contribution < 1.29 is 0 Å². The van der Waals surface area contributed by atoms with Gasteiger partial charge >= 0.3 is 0 Å². The number of rotatable bonds is 0. The number of nitrogens with zero attached hydrogens (tertiary/aromatic N) is 3. The Bertz CT molecular complexity index is 393. The molecule has 0 unspecified atom stereocenters. The van der Waals surface area contributed by atoms with Crippen LogP contribution in [0.15, 0.2) is 18.6 Å². The summed E-state index contributed by atoms with van der Waals surface area (Å²) in [6, 6.07) is 0. The third kappa shape index (κ3) is 0.886. The first-order valence-corrected chi connectivity index (χ1v) is 3.61. The van der Waals surface area contributed by atoms with Crippen LogP contribution in [0.25, 0.3) is 5.65 Å². The Kier molecular flexibility index (Phi) is 1.32. The fourth-order valence-electron chi connectivity index (χ4n) is 0.994. The molecule has 0 spiro atoms. The summed E-state index contributed by atoms with van der Waals surface area (Å²) in [4.78, 5) is 8.11. The van der Waals surface area contributed by atoms with E-state index in [0.29, 0.717) is 5.15 Å². The van der Waals surface area contributed by atoms with E-state index in [2.05, 4.69) is 9.97 Å². The first-order valence-electron chi connectivity index (χ1n) is 3.23. The molecular weight excluding hydrogens is 162 g/mol. The maximum atomic E-state index is 5.91. The third-order valence-corrected chi connectivity index (χ3v) is 1.99. The van der Waals surface area contributed by atoms with Crippen molar-refractivity contribution in [2.75, 3.05) is 0 Å². The van der Waals surface area contributed by atoms with Crippen LogP contribution < -0.4 is 0 Å². The summed E-state index contributed by atoms with van der Waals surface area (Å²) in [5.41, 5.74) is 1.62. The Morgan fingerprint density at radius 2 is 2.36 bits per heavy atom. The molecule has 2 rings (SSSR count). The van der Waals surface area contributed by atoms with Crippen LogP contribution in [0, 0.1) is 6.92 Å². The quantitative estimate of drug-likeness (QED) is 0.598. The molecule has 11 heavy (non-hydrogen) atoms. The molecule has 0 N–H and O–H groups in total. The molecular formula is C7H6ClN3. The highest BCUT2D eigenvalue weighted by Gasteiger charge is 2.03. The number of halogens is 1. The van der Waals surface area contributed by atoms with E-state index in [0.717, 1.165) is 11.3 Å². The van der Waals surface area contributed by atoms with Gasteiger partial charge in [0.2, 0.25) is 0 Å². The van der Waals surface area contributed by atoms with E-state index in [1.807, 2.05) is 6.92 Å². The molecule has 0 fully saturated rings. The molecule has 0 atom stereocenters. The van der Waals surface area contributed by atoms with Crippen LogP contribution in [-0.4, -0.2) is 14.4 Å². The molecule has 2 heterocycles. The maximum absolute atomic E-state index is 5.91. The Balaban J connectivity index is 2.92. The van der Waals surface area contributed by atoms with Crippen LogP contribution in [0.1, 0.15) is 5.69 Å². The fraction of sp³-hybridized carbons (Fsp3) is 0.143. The minimum atomic E-state index is 0.655. The van der Waals surface area contributed by atoms with Gasteiger partial charge in [0, 0.05) is 12.4 Å². The van der Waals surface area contributed by atoms with Gasteiger partial charge in [-0.1, -0.05) is 11.6 Å². The number of hydrogen-bond donors (Lipinski definition) is 0. The molecule has 0 aliphatic rings. The van der Waals surface area contributed by atoms with E-state index in [-0.39, 0.29) is 0 Å². The highest BCUT2D eigenvalue weighted by atomic mass is 35.5. The molecule has 2 aromatic rings. The Morgan fingerprint density at radius 1 is 1.55 bits per heavy atom. The normalized spacial score (nSPS) is 10.7. The van der Waals surface area contributed by atoms with E-state index in [4.69, 9.17) is 11.6 Å². The summed E-state index contributed by atoms with van der Waals surface area (Å²) < 4.78 is 1.80. The average molecular weight is 168 g/mol. The highest BCUT2D eigenvalue weighted by molar-refractivity contribution is 6.30. The van der Waals surface area contributed by atoms with Gasteiger partial charge < -0.3 is 0 Å². The number of hydrogen-bond acceptors (Lipinski definition) is 2. The lowest BCUT2D eigenvalue weighted by molar-refractivity contribution is 1.13. The lowest BCUT2D eigenvalue weighted by Gasteiger charge is -1.90. The molecule has 2 aromatic heterocycles. The fourth-order valence-corrected chi connectivity index (χ4v) is 1.18.